The van der Waals surface area contributed by atoms with Crippen molar-refractivity contribution in [2.24, 2.45) is 0 Å². The molecular formula is C17H14ClNO3. The van der Waals surface area contributed by atoms with Crippen LogP contribution in [-0.2, 0) is 16.1 Å². The number of halogens is 1. The van der Waals surface area contributed by atoms with E-state index in [-0.39, 0.29) is 0 Å². The summed E-state index contributed by atoms with van der Waals surface area (Å²) in [5.41, 5.74) is 1.28. The van der Waals surface area contributed by atoms with E-state index in [0.29, 0.717) is 6.54 Å². The van der Waals surface area contributed by atoms with E-state index < -0.39 is 16.8 Å². The van der Waals surface area contributed by atoms with E-state index in [2.05, 4.69) is 0 Å². The first-order valence-electron chi connectivity index (χ1n) is 6.58. The summed E-state index contributed by atoms with van der Waals surface area (Å²) < 4.78 is 0. The van der Waals surface area contributed by atoms with Gasteiger partial charge in [-0.2, -0.15) is 0 Å². The number of carboxylic acid groups (broad SMARTS) is 1. The van der Waals surface area contributed by atoms with E-state index in [0.717, 1.165) is 11.3 Å². The second kappa shape index (κ2) is 7.43. The van der Waals surface area contributed by atoms with E-state index in [9.17, 15) is 9.59 Å². The first-order valence-corrected chi connectivity index (χ1v) is 6.96. The van der Waals surface area contributed by atoms with Gasteiger partial charge in [0.2, 0.25) is 0 Å². The highest BCUT2D eigenvalue weighted by Gasteiger charge is 2.17. The number of carbonyl (C=O) groups excluding carboxylic acids is 1. The summed E-state index contributed by atoms with van der Waals surface area (Å²) in [4.78, 5) is 24.1. The van der Waals surface area contributed by atoms with Crippen LogP contribution in [0.5, 0.6) is 0 Å². The summed E-state index contributed by atoms with van der Waals surface area (Å²) in [5, 5.41) is 8.11. The Labute approximate surface area is 133 Å². The van der Waals surface area contributed by atoms with Crippen LogP contribution >= 0.6 is 11.6 Å². The Morgan fingerprint density at radius 3 is 2.05 bits per heavy atom. The first kappa shape index (κ1) is 15.8. The molecule has 0 spiro atoms. The molecule has 2 aromatic rings. The summed E-state index contributed by atoms with van der Waals surface area (Å²) in [6.07, 6.45) is 1.26. The quantitative estimate of drug-likeness (QED) is 0.384. The highest BCUT2D eigenvalue weighted by atomic mass is 35.5. The number of nitrogens with zero attached hydrogens (tertiary/aromatic N) is 1. The minimum absolute atomic E-state index is 0.422. The Bertz CT molecular complexity index is 668. The molecule has 0 fully saturated rings. The maximum atomic E-state index is 11.3. The van der Waals surface area contributed by atoms with Crippen LogP contribution < -0.4 is 4.90 Å². The van der Waals surface area contributed by atoms with Gasteiger partial charge in [0.25, 0.3) is 5.24 Å². The largest absolute Gasteiger partial charge is 0.477 e. The lowest BCUT2D eigenvalue weighted by Gasteiger charge is -2.21. The van der Waals surface area contributed by atoms with Crippen molar-refractivity contribution >= 4 is 28.5 Å². The lowest BCUT2D eigenvalue weighted by Crippen LogP contribution is -2.20. The predicted molar refractivity (Wildman–Crippen MR) is 85.6 cm³/mol. The first-order chi connectivity index (χ1) is 10.6. The van der Waals surface area contributed by atoms with E-state index in [1.807, 2.05) is 60.7 Å². The Kier molecular flexibility index (Phi) is 5.33. The molecule has 0 amide bonds. The molecule has 0 aliphatic heterocycles. The van der Waals surface area contributed by atoms with E-state index >= 15 is 0 Å². The third kappa shape index (κ3) is 4.20. The van der Waals surface area contributed by atoms with Crippen molar-refractivity contribution in [2.75, 3.05) is 4.90 Å². The molecular weight excluding hydrogens is 302 g/mol. The SMILES string of the molecule is O=C(O)C(=CN(Cc1ccccc1)c1ccccc1)C(=O)Cl. The Morgan fingerprint density at radius 1 is 1.00 bits per heavy atom. The molecule has 2 rings (SSSR count). The van der Waals surface area contributed by atoms with Crippen molar-refractivity contribution in [3.05, 3.63) is 78.0 Å². The number of hydrogen-bond donors (Lipinski definition) is 1. The van der Waals surface area contributed by atoms with Crippen LogP contribution in [0.4, 0.5) is 5.69 Å². The average molecular weight is 316 g/mol. The minimum atomic E-state index is -1.35. The number of benzene rings is 2. The van der Waals surface area contributed by atoms with Crippen LogP contribution in [0, 0.1) is 0 Å². The second-order valence-corrected chi connectivity index (χ2v) is 4.91. The van der Waals surface area contributed by atoms with Gasteiger partial charge < -0.3 is 10.0 Å². The fourth-order valence-electron chi connectivity index (χ4n) is 1.96. The highest BCUT2D eigenvalue weighted by Crippen LogP contribution is 2.19. The van der Waals surface area contributed by atoms with Crippen molar-refractivity contribution in [1.82, 2.24) is 0 Å². The number of carbonyl (C=O) groups is 2. The molecule has 112 valence electrons. The standard InChI is InChI=1S/C17H14ClNO3/c18-16(20)15(17(21)22)12-19(14-9-5-2-6-10-14)11-13-7-3-1-4-8-13/h1-10,12H,11H2,(H,21,22). The summed E-state index contributed by atoms with van der Waals surface area (Å²) in [7, 11) is 0. The number of carboxylic acids is 1. The van der Waals surface area contributed by atoms with Gasteiger partial charge in [0.05, 0.1) is 0 Å². The number of para-hydroxylation sites is 1. The zero-order chi connectivity index (χ0) is 15.9. The Hall–Kier alpha value is -2.59. The van der Waals surface area contributed by atoms with Crippen LogP contribution in [0.15, 0.2) is 72.4 Å². The summed E-state index contributed by atoms with van der Waals surface area (Å²) in [6.45, 7) is 0.422. The molecule has 0 radical (unpaired) electrons. The molecule has 0 bridgehead atoms. The van der Waals surface area contributed by atoms with Gasteiger partial charge in [-0.25, -0.2) is 4.79 Å². The molecule has 0 atom stereocenters. The van der Waals surface area contributed by atoms with Gasteiger partial charge in [0, 0.05) is 18.4 Å². The molecule has 0 saturated heterocycles. The van der Waals surface area contributed by atoms with Gasteiger partial charge in [-0.1, -0.05) is 48.5 Å². The monoisotopic (exact) mass is 315 g/mol. The topological polar surface area (TPSA) is 57.6 Å². The number of rotatable bonds is 6. The van der Waals surface area contributed by atoms with Crippen LogP contribution in [0.1, 0.15) is 5.56 Å². The van der Waals surface area contributed by atoms with Crippen LogP contribution in [0.3, 0.4) is 0 Å². The predicted octanol–water partition coefficient (Wildman–Crippen LogP) is 3.43. The molecule has 5 heteroatoms. The maximum absolute atomic E-state index is 11.3. The molecule has 2 aromatic carbocycles. The lowest BCUT2D eigenvalue weighted by atomic mass is 10.2. The number of anilines is 1. The van der Waals surface area contributed by atoms with Gasteiger partial charge in [-0.15, -0.1) is 0 Å². The van der Waals surface area contributed by atoms with E-state index in [4.69, 9.17) is 16.7 Å². The fourth-order valence-corrected chi connectivity index (χ4v) is 2.09. The molecule has 0 aromatic heterocycles. The Balaban J connectivity index is 2.40. The zero-order valence-electron chi connectivity index (χ0n) is 11.6. The average Bonchev–Trinajstić information content (AvgIpc) is 2.52. The van der Waals surface area contributed by atoms with Crippen molar-refractivity contribution < 1.29 is 14.7 Å². The van der Waals surface area contributed by atoms with Crippen LogP contribution in [0.2, 0.25) is 0 Å². The fraction of sp³-hybridized carbons (Fsp3) is 0.0588. The highest BCUT2D eigenvalue weighted by molar-refractivity contribution is 6.70. The second-order valence-electron chi connectivity index (χ2n) is 4.57. The molecule has 0 heterocycles. The summed E-state index contributed by atoms with van der Waals surface area (Å²) in [5.74, 6) is -1.35. The van der Waals surface area contributed by atoms with Gasteiger partial charge in [0.15, 0.2) is 0 Å². The number of hydrogen-bond acceptors (Lipinski definition) is 3. The summed E-state index contributed by atoms with van der Waals surface area (Å²) in [6, 6.07) is 18.7. The van der Waals surface area contributed by atoms with E-state index in [1.165, 1.54) is 6.20 Å². The maximum Gasteiger partial charge on any atom is 0.342 e. The third-order valence-electron chi connectivity index (χ3n) is 3.01. The zero-order valence-corrected chi connectivity index (χ0v) is 12.4. The van der Waals surface area contributed by atoms with Crippen molar-refractivity contribution in [2.45, 2.75) is 6.54 Å². The van der Waals surface area contributed by atoms with Crippen molar-refractivity contribution in [3.8, 4) is 0 Å². The number of aliphatic carboxylic acids is 1. The Morgan fingerprint density at radius 2 is 1.55 bits per heavy atom. The summed E-state index contributed by atoms with van der Waals surface area (Å²) >= 11 is 5.36. The van der Waals surface area contributed by atoms with Gasteiger partial charge in [-0.05, 0) is 29.3 Å². The molecule has 22 heavy (non-hydrogen) atoms. The third-order valence-corrected chi connectivity index (χ3v) is 3.21. The minimum Gasteiger partial charge on any atom is -0.477 e. The van der Waals surface area contributed by atoms with E-state index in [1.54, 1.807) is 4.90 Å². The molecule has 0 aliphatic carbocycles. The molecule has 1 N–H and O–H groups in total. The van der Waals surface area contributed by atoms with Gasteiger partial charge in [-0.3, -0.25) is 4.79 Å². The van der Waals surface area contributed by atoms with Crippen LogP contribution in [-0.4, -0.2) is 16.3 Å². The van der Waals surface area contributed by atoms with Crippen LogP contribution in [0.25, 0.3) is 0 Å². The van der Waals surface area contributed by atoms with Crippen molar-refractivity contribution in [1.29, 1.82) is 0 Å². The van der Waals surface area contributed by atoms with Gasteiger partial charge >= 0.3 is 5.97 Å². The van der Waals surface area contributed by atoms with Crippen molar-refractivity contribution in [3.63, 3.8) is 0 Å². The molecule has 4 nitrogen and oxygen atoms in total. The van der Waals surface area contributed by atoms with Gasteiger partial charge in [0.1, 0.15) is 5.57 Å². The molecule has 0 saturated carbocycles. The molecule has 0 aliphatic rings. The lowest BCUT2D eigenvalue weighted by molar-refractivity contribution is -0.133. The molecule has 0 unspecified atom stereocenters. The normalized spacial score (nSPS) is 11.0. The smallest absolute Gasteiger partial charge is 0.342 e.